The fourth-order valence-electron chi connectivity index (χ4n) is 2.83. The third kappa shape index (κ3) is 4.53. The van der Waals surface area contributed by atoms with E-state index in [1.165, 1.54) is 25.3 Å². The van der Waals surface area contributed by atoms with Gasteiger partial charge in [0.2, 0.25) is 0 Å². The summed E-state index contributed by atoms with van der Waals surface area (Å²) in [5.41, 5.74) is 0.643. The predicted octanol–water partition coefficient (Wildman–Crippen LogP) is 2.99. The molecular formula is C17H25FN2O. The topological polar surface area (TPSA) is 32.3 Å². The van der Waals surface area contributed by atoms with Gasteiger partial charge in [-0.2, -0.15) is 0 Å². The average Bonchev–Trinajstić information content (AvgIpc) is 2.48. The SMILES string of the molecule is Cc1cccc(C(=O)NCC(C)CN2CCCCC2)c1F. The van der Waals surface area contributed by atoms with Crippen LogP contribution in [-0.4, -0.2) is 37.0 Å². The molecule has 0 aliphatic carbocycles. The van der Waals surface area contributed by atoms with Crippen molar-refractivity contribution >= 4 is 5.91 Å². The van der Waals surface area contributed by atoms with Gasteiger partial charge in [-0.1, -0.05) is 25.5 Å². The van der Waals surface area contributed by atoms with Gasteiger partial charge < -0.3 is 10.2 Å². The zero-order valence-electron chi connectivity index (χ0n) is 13.0. The number of hydrogen-bond acceptors (Lipinski definition) is 2. The smallest absolute Gasteiger partial charge is 0.254 e. The maximum atomic E-state index is 13.9. The van der Waals surface area contributed by atoms with Gasteiger partial charge in [0.25, 0.3) is 5.91 Å². The lowest BCUT2D eigenvalue weighted by Gasteiger charge is -2.29. The minimum atomic E-state index is -0.418. The number of likely N-dealkylation sites (tertiary alicyclic amines) is 1. The summed E-state index contributed by atoms with van der Waals surface area (Å²) in [6.07, 6.45) is 3.87. The van der Waals surface area contributed by atoms with E-state index in [2.05, 4.69) is 17.1 Å². The third-order valence-electron chi connectivity index (χ3n) is 4.07. The Morgan fingerprint density at radius 1 is 1.33 bits per heavy atom. The van der Waals surface area contributed by atoms with Crippen LogP contribution in [0, 0.1) is 18.7 Å². The highest BCUT2D eigenvalue weighted by atomic mass is 19.1. The van der Waals surface area contributed by atoms with Crippen LogP contribution in [0.5, 0.6) is 0 Å². The fourth-order valence-corrected chi connectivity index (χ4v) is 2.83. The lowest BCUT2D eigenvalue weighted by Crippen LogP contribution is -2.38. The van der Waals surface area contributed by atoms with Crippen LogP contribution in [0.25, 0.3) is 0 Å². The number of rotatable bonds is 5. The normalized spacial score (nSPS) is 17.5. The molecule has 0 aromatic heterocycles. The third-order valence-corrected chi connectivity index (χ3v) is 4.07. The number of hydrogen-bond donors (Lipinski definition) is 1. The highest BCUT2D eigenvalue weighted by Gasteiger charge is 2.16. The lowest BCUT2D eigenvalue weighted by molar-refractivity contribution is 0.0938. The molecule has 0 spiro atoms. The van der Waals surface area contributed by atoms with Crippen LogP contribution in [0.4, 0.5) is 4.39 Å². The molecule has 1 aliphatic heterocycles. The van der Waals surface area contributed by atoms with Crippen LogP contribution < -0.4 is 5.32 Å². The number of piperidine rings is 1. The van der Waals surface area contributed by atoms with Crippen molar-refractivity contribution in [3.05, 3.63) is 35.1 Å². The molecule has 2 rings (SSSR count). The Hall–Kier alpha value is -1.42. The minimum Gasteiger partial charge on any atom is -0.352 e. The molecule has 1 N–H and O–H groups in total. The van der Waals surface area contributed by atoms with Crippen LogP contribution in [0.3, 0.4) is 0 Å². The number of carbonyl (C=O) groups is 1. The Balaban J connectivity index is 1.81. The molecule has 1 heterocycles. The number of benzene rings is 1. The van der Waals surface area contributed by atoms with E-state index in [-0.39, 0.29) is 11.5 Å². The molecule has 1 atom stereocenters. The monoisotopic (exact) mass is 292 g/mol. The highest BCUT2D eigenvalue weighted by molar-refractivity contribution is 5.94. The van der Waals surface area contributed by atoms with Crippen LogP contribution in [0.1, 0.15) is 42.1 Å². The zero-order valence-corrected chi connectivity index (χ0v) is 13.0. The Morgan fingerprint density at radius 3 is 2.76 bits per heavy atom. The van der Waals surface area contributed by atoms with Gasteiger partial charge in [0, 0.05) is 13.1 Å². The summed E-state index contributed by atoms with van der Waals surface area (Å²) < 4.78 is 13.9. The molecule has 1 aliphatic rings. The Labute approximate surface area is 126 Å². The van der Waals surface area contributed by atoms with Crippen LogP contribution in [-0.2, 0) is 0 Å². The molecule has 1 fully saturated rings. The van der Waals surface area contributed by atoms with E-state index in [4.69, 9.17) is 0 Å². The van der Waals surface area contributed by atoms with Crippen LogP contribution in [0.2, 0.25) is 0 Å². The molecule has 116 valence electrons. The molecule has 3 nitrogen and oxygen atoms in total. The summed E-state index contributed by atoms with van der Waals surface area (Å²) >= 11 is 0. The molecule has 0 saturated carbocycles. The van der Waals surface area contributed by atoms with Crippen LogP contribution >= 0.6 is 0 Å². The molecular weight excluding hydrogens is 267 g/mol. The fraction of sp³-hybridized carbons (Fsp3) is 0.588. The van der Waals surface area contributed by atoms with Gasteiger partial charge in [-0.25, -0.2) is 4.39 Å². The minimum absolute atomic E-state index is 0.139. The van der Waals surface area contributed by atoms with Crippen molar-refractivity contribution in [2.75, 3.05) is 26.2 Å². The van der Waals surface area contributed by atoms with E-state index in [0.717, 1.165) is 19.6 Å². The first-order chi connectivity index (χ1) is 10.1. The molecule has 4 heteroatoms. The van der Waals surface area contributed by atoms with Crippen molar-refractivity contribution in [2.45, 2.75) is 33.1 Å². The molecule has 1 unspecified atom stereocenters. The first-order valence-corrected chi connectivity index (χ1v) is 7.83. The van der Waals surface area contributed by atoms with Crippen molar-refractivity contribution < 1.29 is 9.18 Å². The maximum absolute atomic E-state index is 13.9. The van der Waals surface area contributed by atoms with E-state index >= 15 is 0 Å². The Bertz CT molecular complexity index is 484. The predicted molar refractivity (Wildman–Crippen MR) is 82.9 cm³/mol. The van der Waals surface area contributed by atoms with E-state index in [1.807, 2.05) is 0 Å². The number of amides is 1. The summed E-state index contributed by atoms with van der Waals surface area (Å²) in [6, 6.07) is 4.92. The number of nitrogens with one attached hydrogen (secondary N) is 1. The molecule has 1 saturated heterocycles. The van der Waals surface area contributed by atoms with Gasteiger partial charge in [0.05, 0.1) is 5.56 Å². The summed E-state index contributed by atoms with van der Waals surface area (Å²) in [7, 11) is 0. The first-order valence-electron chi connectivity index (χ1n) is 7.83. The quantitative estimate of drug-likeness (QED) is 0.905. The summed E-state index contributed by atoms with van der Waals surface area (Å²) in [6.45, 7) is 7.70. The van der Waals surface area contributed by atoms with Gasteiger partial charge in [-0.15, -0.1) is 0 Å². The number of halogens is 1. The van der Waals surface area contributed by atoms with E-state index < -0.39 is 5.82 Å². The number of aryl methyl sites for hydroxylation is 1. The molecule has 1 amide bonds. The Kier molecular flexibility index (Phi) is 5.74. The molecule has 21 heavy (non-hydrogen) atoms. The van der Waals surface area contributed by atoms with Crippen molar-refractivity contribution in [2.24, 2.45) is 5.92 Å². The standard InChI is InChI=1S/C17H25FN2O/c1-13(12-20-9-4-3-5-10-20)11-19-17(21)15-8-6-7-14(2)16(15)18/h6-8,13H,3-5,9-12H2,1-2H3,(H,19,21). The Morgan fingerprint density at radius 2 is 2.05 bits per heavy atom. The summed E-state index contributed by atoms with van der Waals surface area (Å²) in [4.78, 5) is 14.5. The second kappa shape index (κ2) is 7.55. The van der Waals surface area contributed by atoms with E-state index in [1.54, 1.807) is 19.1 Å². The molecule has 1 aromatic rings. The highest BCUT2D eigenvalue weighted by Crippen LogP contribution is 2.13. The number of nitrogens with zero attached hydrogens (tertiary/aromatic N) is 1. The second-order valence-corrected chi connectivity index (χ2v) is 6.11. The average molecular weight is 292 g/mol. The van der Waals surface area contributed by atoms with Gasteiger partial charge in [0.15, 0.2) is 0 Å². The van der Waals surface area contributed by atoms with Crippen molar-refractivity contribution in [3.63, 3.8) is 0 Å². The molecule has 0 radical (unpaired) electrons. The second-order valence-electron chi connectivity index (χ2n) is 6.11. The van der Waals surface area contributed by atoms with Crippen molar-refractivity contribution in [3.8, 4) is 0 Å². The van der Waals surface area contributed by atoms with Gasteiger partial charge in [-0.3, -0.25) is 4.79 Å². The van der Waals surface area contributed by atoms with Gasteiger partial charge in [0.1, 0.15) is 5.82 Å². The lowest BCUT2D eigenvalue weighted by atomic mass is 10.1. The van der Waals surface area contributed by atoms with E-state index in [9.17, 15) is 9.18 Å². The van der Waals surface area contributed by atoms with Gasteiger partial charge >= 0.3 is 0 Å². The summed E-state index contributed by atoms with van der Waals surface area (Å²) in [5.74, 6) is -0.361. The van der Waals surface area contributed by atoms with Crippen molar-refractivity contribution in [1.29, 1.82) is 0 Å². The van der Waals surface area contributed by atoms with Gasteiger partial charge in [-0.05, 0) is 50.4 Å². The molecule has 1 aromatic carbocycles. The summed E-state index contributed by atoms with van der Waals surface area (Å²) in [5, 5.41) is 2.85. The zero-order chi connectivity index (χ0) is 15.2. The largest absolute Gasteiger partial charge is 0.352 e. The van der Waals surface area contributed by atoms with E-state index in [0.29, 0.717) is 18.0 Å². The van der Waals surface area contributed by atoms with Crippen LogP contribution in [0.15, 0.2) is 18.2 Å². The number of carbonyl (C=O) groups excluding carboxylic acids is 1. The maximum Gasteiger partial charge on any atom is 0.254 e. The van der Waals surface area contributed by atoms with Crippen molar-refractivity contribution in [1.82, 2.24) is 10.2 Å². The first kappa shape index (κ1) is 16.0. The molecule has 0 bridgehead atoms.